The Hall–Kier alpha value is -1.35. The molecule has 0 saturated carbocycles. The van der Waals surface area contributed by atoms with Crippen molar-refractivity contribution in [3.8, 4) is 0 Å². The maximum absolute atomic E-state index is 12.0. The maximum Gasteiger partial charge on any atom is 0.255 e. The lowest BCUT2D eigenvalue weighted by Gasteiger charge is -2.20. The number of amides is 1. The Morgan fingerprint density at radius 2 is 1.94 bits per heavy atom. The first kappa shape index (κ1) is 12.7. The van der Waals surface area contributed by atoms with Crippen LogP contribution in [0.15, 0.2) is 30.3 Å². The Kier molecular flexibility index (Phi) is 4.99. The molecule has 0 unspecified atom stereocenters. The third-order valence-electron chi connectivity index (χ3n) is 2.46. The Morgan fingerprint density at radius 1 is 1.31 bits per heavy atom. The fourth-order valence-electron chi connectivity index (χ4n) is 1.41. The molecular weight excluding hydrogens is 202 g/mol. The summed E-state index contributed by atoms with van der Waals surface area (Å²) < 4.78 is 0. The summed E-state index contributed by atoms with van der Waals surface area (Å²) in [5.41, 5.74) is 0.625. The zero-order valence-electron chi connectivity index (χ0n) is 9.89. The van der Waals surface area contributed by atoms with Gasteiger partial charge in [0.2, 0.25) is 0 Å². The van der Waals surface area contributed by atoms with Crippen LogP contribution in [0.25, 0.3) is 0 Å². The number of hydrogen-bond acceptors (Lipinski definition) is 2. The van der Waals surface area contributed by atoms with Crippen LogP contribution in [0, 0.1) is 5.92 Å². The highest BCUT2D eigenvalue weighted by atomic mass is 16.3. The quantitative estimate of drug-likeness (QED) is 0.774. The minimum atomic E-state index is -0.222. The predicted molar refractivity (Wildman–Crippen MR) is 64.0 cm³/mol. The van der Waals surface area contributed by atoms with Crippen LogP contribution in [0.4, 0.5) is 0 Å². The first-order valence-electron chi connectivity index (χ1n) is 5.60. The Labute approximate surface area is 96.7 Å². The van der Waals surface area contributed by atoms with E-state index in [0.29, 0.717) is 18.0 Å². The lowest BCUT2D eigenvalue weighted by atomic mass is 10.1. The molecule has 88 valence electrons. The first-order chi connectivity index (χ1) is 7.65. The van der Waals surface area contributed by atoms with E-state index in [2.05, 4.69) is 13.8 Å². The second-order valence-corrected chi connectivity index (χ2v) is 4.26. The smallest absolute Gasteiger partial charge is 0.255 e. The fraction of sp³-hybridized carbons (Fsp3) is 0.462. The normalized spacial score (nSPS) is 10.5. The van der Waals surface area contributed by atoms with Crippen LogP contribution >= 0.6 is 0 Å². The molecular formula is C13H19NO2. The molecule has 3 nitrogen and oxygen atoms in total. The van der Waals surface area contributed by atoms with Crippen molar-refractivity contribution in [3.05, 3.63) is 35.9 Å². The Balaban J connectivity index is 2.63. The molecule has 0 bridgehead atoms. The minimum absolute atomic E-state index is 0.108. The zero-order chi connectivity index (χ0) is 12.0. The topological polar surface area (TPSA) is 40.5 Å². The molecule has 0 aliphatic rings. The van der Waals surface area contributed by atoms with Gasteiger partial charge in [-0.3, -0.25) is 4.79 Å². The van der Waals surface area contributed by atoms with Gasteiger partial charge in [-0.1, -0.05) is 32.0 Å². The van der Waals surface area contributed by atoms with Crippen LogP contribution in [0.5, 0.6) is 0 Å². The summed E-state index contributed by atoms with van der Waals surface area (Å²) >= 11 is 0. The van der Waals surface area contributed by atoms with Gasteiger partial charge in [0.25, 0.3) is 5.91 Å². The van der Waals surface area contributed by atoms with Crippen molar-refractivity contribution in [2.24, 2.45) is 5.92 Å². The lowest BCUT2D eigenvalue weighted by Crippen LogP contribution is -2.33. The fourth-order valence-corrected chi connectivity index (χ4v) is 1.41. The standard InChI is InChI=1S/C13H19NO2/c1-11(2)8-9-14(10-15)13(16)12-6-4-3-5-7-12/h3-7,11,15H,8-10H2,1-2H3. The van der Waals surface area contributed by atoms with Crippen LogP contribution in [0.3, 0.4) is 0 Å². The lowest BCUT2D eigenvalue weighted by molar-refractivity contribution is 0.0542. The summed E-state index contributed by atoms with van der Waals surface area (Å²) in [7, 11) is 0. The summed E-state index contributed by atoms with van der Waals surface area (Å²) in [6.45, 7) is 4.58. The van der Waals surface area contributed by atoms with Crippen LogP contribution < -0.4 is 0 Å². The molecule has 0 aliphatic carbocycles. The molecule has 1 amide bonds. The van der Waals surface area contributed by atoms with Crippen LogP contribution in [-0.4, -0.2) is 29.2 Å². The molecule has 0 spiro atoms. The van der Waals surface area contributed by atoms with Crippen molar-refractivity contribution in [2.45, 2.75) is 20.3 Å². The van der Waals surface area contributed by atoms with Crippen molar-refractivity contribution in [3.63, 3.8) is 0 Å². The van der Waals surface area contributed by atoms with E-state index in [0.717, 1.165) is 6.42 Å². The summed E-state index contributed by atoms with van der Waals surface area (Å²) in [6.07, 6.45) is 0.902. The molecule has 0 heterocycles. The third-order valence-corrected chi connectivity index (χ3v) is 2.46. The molecule has 1 rings (SSSR count). The average Bonchev–Trinajstić information content (AvgIpc) is 2.30. The van der Waals surface area contributed by atoms with E-state index < -0.39 is 0 Å². The zero-order valence-corrected chi connectivity index (χ0v) is 9.89. The van der Waals surface area contributed by atoms with Gasteiger partial charge in [0.05, 0.1) is 0 Å². The van der Waals surface area contributed by atoms with Crippen LogP contribution in [0.1, 0.15) is 30.6 Å². The van der Waals surface area contributed by atoms with Crippen molar-refractivity contribution in [2.75, 3.05) is 13.3 Å². The van der Waals surface area contributed by atoms with Gasteiger partial charge in [-0.25, -0.2) is 0 Å². The monoisotopic (exact) mass is 221 g/mol. The van der Waals surface area contributed by atoms with Gasteiger partial charge in [0.1, 0.15) is 6.73 Å². The average molecular weight is 221 g/mol. The molecule has 16 heavy (non-hydrogen) atoms. The van der Waals surface area contributed by atoms with E-state index in [9.17, 15) is 9.90 Å². The maximum atomic E-state index is 12.0. The second-order valence-electron chi connectivity index (χ2n) is 4.26. The Bertz CT molecular complexity index is 322. The number of carbonyl (C=O) groups excluding carboxylic acids is 1. The largest absolute Gasteiger partial charge is 0.376 e. The van der Waals surface area contributed by atoms with E-state index >= 15 is 0 Å². The molecule has 0 radical (unpaired) electrons. The van der Waals surface area contributed by atoms with Crippen LogP contribution in [-0.2, 0) is 0 Å². The number of aliphatic hydroxyl groups excluding tert-OH is 1. The molecule has 0 aromatic heterocycles. The van der Waals surface area contributed by atoms with Gasteiger partial charge < -0.3 is 10.0 Å². The van der Waals surface area contributed by atoms with Gasteiger partial charge in [0, 0.05) is 12.1 Å². The number of hydrogen-bond donors (Lipinski definition) is 1. The summed E-state index contributed by atoms with van der Waals surface area (Å²) in [5.74, 6) is 0.418. The van der Waals surface area contributed by atoms with Crippen molar-refractivity contribution in [1.29, 1.82) is 0 Å². The van der Waals surface area contributed by atoms with Crippen molar-refractivity contribution >= 4 is 5.91 Å². The van der Waals surface area contributed by atoms with Crippen LogP contribution in [0.2, 0.25) is 0 Å². The van der Waals surface area contributed by atoms with Gasteiger partial charge in [0.15, 0.2) is 0 Å². The highest BCUT2D eigenvalue weighted by Crippen LogP contribution is 2.07. The van der Waals surface area contributed by atoms with Gasteiger partial charge >= 0.3 is 0 Å². The van der Waals surface area contributed by atoms with E-state index in [-0.39, 0.29) is 12.6 Å². The van der Waals surface area contributed by atoms with Gasteiger partial charge in [-0.2, -0.15) is 0 Å². The van der Waals surface area contributed by atoms with E-state index in [1.54, 1.807) is 12.1 Å². The highest BCUT2D eigenvalue weighted by Gasteiger charge is 2.14. The van der Waals surface area contributed by atoms with Gasteiger partial charge in [-0.05, 0) is 24.5 Å². The summed E-state index contributed by atoms with van der Waals surface area (Å²) in [4.78, 5) is 13.4. The summed E-state index contributed by atoms with van der Waals surface area (Å²) in [6, 6.07) is 9.05. The molecule has 1 aromatic carbocycles. The number of rotatable bonds is 5. The van der Waals surface area contributed by atoms with E-state index in [1.165, 1.54) is 4.90 Å². The molecule has 0 fully saturated rings. The van der Waals surface area contributed by atoms with E-state index in [4.69, 9.17) is 0 Å². The SMILES string of the molecule is CC(C)CCN(CO)C(=O)c1ccccc1. The predicted octanol–water partition coefficient (Wildman–Crippen LogP) is 2.12. The number of nitrogens with zero attached hydrogens (tertiary/aromatic N) is 1. The summed E-state index contributed by atoms with van der Waals surface area (Å²) in [5, 5.41) is 9.18. The molecule has 1 aromatic rings. The van der Waals surface area contributed by atoms with E-state index in [1.807, 2.05) is 18.2 Å². The number of benzene rings is 1. The molecule has 0 saturated heterocycles. The molecule has 3 heteroatoms. The number of aliphatic hydroxyl groups is 1. The van der Waals surface area contributed by atoms with Crippen molar-refractivity contribution in [1.82, 2.24) is 4.90 Å². The van der Waals surface area contributed by atoms with Gasteiger partial charge in [-0.15, -0.1) is 0 Å². The third kappa shape index (κ3) is 3.66. The highest BCUT2D eigenvalue weighted by molar-refractivity contribution is 5.94. The van der Waals surface area contributed by atoms with Crippen molar-refractivity contribution < 1.29 is 9.90 Å². The molecule has 1 N–H and O–H groups in total. The first-order valence-corrected chi connectivity index (χ1v) is 5.60. The second kappa shape index (κ2) is 6.28. The Morgan fingerprint density at radius 3 is 2.44 bits per heavy atom. The molecule has 0 aliphatic heterocycles. The number of carbonyl (C=O) groups is 1. The molecule has 0 atom stereocenters. The minimum Gasteiger partial charge on any atom is -0.376 e.